The van der Waals surface area contributed by atoms with Gasteiger partial charge in [0.1, 0.15) is 5.82 Å². The van der Waals surface area contributed by atoms with Gasteiger partial charge in [-0.1, -0.05) is 13.8 Å². The number of likely N-dealkylation sites (tertiary alicyclic amines) is 1. The second-order valence-corrected chi connectivity index (χ2v) is 5.88. The van der Waals surface area contributed by atoms with Crippen LogP contribution in [0.2, 0.25) is 0 Å². The van der Waals surface area contributed by atoms with Crippen LogP contribution in [-0.2, 0) is 6.54 Å². The molecule has 3 heteroatoms. The number of nitrogen functional groups attached to an aromatic ring is 1. The molecule has 0 saturated carbocycles. The summed E-state index contributed by atoms with van der Waals surface area (Å²) in [7, 11) is 0. The maximum atomic E-state index is 13.3. The lowest BCUT2D eigenvalue weighted by atomic mass is 9.86. The van der Waals surface area contributed by atoms with Crippen LogP contribution in [0.4, 0.5) is 10.1 Å². The smallest absolute Gasteiger partial charge is 0.125 e. The summed E-state index contributed by atoms with van der Waals surface area (Å²) in [5.41, 5.74) is 7.18. The zero-order valence-electron chi connectivity index (χ0n) is 11.5. The van der Waals surface area contributed by atoms with E-state index in [0.717, 1.165) is 18.7 Å². The van der Waals surface area contributed by atoms with Crippen LogP contribution in [0.5, 0.6) is 0 Å². The van der Waals surface area contributed by atoms with Crippen LogP contribution < -0.4 is 5.73 Å². The minimum Gasteiger partial charge on any atom is -0.399 e. The fourth-order valence-electron chi connectivity index (χ4n) is 3.04. The number of benzene rings is 1. The molecule has 1 aliphatic heterocycles. The standard InChI is InChI=1S/C15H23FN2/c1-10-4-11(2)12(3)18(8-10)9-13-5-14(16)7-15(17)6-13/h5-7,10-12H,4,8-9,17H2,1-3H3. The van der Waals surface area contributed by atoms with Gasteiger partial charge in [0.15, 0.2) is 0 Å². The van der Waals surface area contributed by atoms with Crippen molar-refractivity contribution >= 4 is 5.69 Å². The van der Waals surface area contributed by atoms with E-state index in [2.05, 4.69) is 25.7 Å². The van der Waals surface area contributed by atoms with E-state index in [4.69, 9.17) is 5.73 Å². The van der Waals surface area contributed by atoms with Crippen LogP contribution in [0.15, 0.2) is 18.2 Å². The molecule has 1 aliphatic rings. The van der Waals surface area contributed by atoms with Crippen LogP contribution in [0.1, 0.15) is 32.8 Å². The van der Waals surface area contributed by atoms with Crippen LogP contribution in [0.3, 0.4) is 0 Å². The minimum absolute atomic E-state index is 0.240. The molecular formula is C15H23FN2. The van der Waals surface area contributed by atoms with Crippen molar-refractivity contribution in [1.29, 1.82) is 0 Å². The zero-order chi connectivity index (χ0) is 13.3. The second kappa shape index (κ2) is 5.27. The summed E-state index contributed by atoms with van der Waals surface area (Å²) in [6.45, 7) is 8.72. The highest BCUT2D eigenvalue weighted by atomic mass is 19.1. The Morgan fingerprint density at radius 3 is 2.67 bits per heavy atom. The van der Waals surface area contributed by atoms with Gasteiger partial charge in [-0.25, -0.2) is 4.39 Å². The molecule has 1 saturated heterocycles. The normalized spacial score (nSPS) is 29.4. The quantitative estimate of drug-likeness (QED) is 0.816. The molecule has 0 bridgehead atoms. The first-order valence-corrected chi connectivity index (χ1v) is 6.74. The van der Waals surface area contributed by atoms with Crippen molar-refractivity contribution in [3.8, 4) is 0 Å². The molecule has 0 aliphatic carbocycles. The molecule has 0 aromatic heterocycles. The van der Waals surface area contributed by atoms with Crippen LogP contribution in [0.25, 0.3) is 0 Å². The van der Waals surface area contributed by atoms with Gasteiger partial charge in [0, 0.05) is 24.8 Å². The molecule has 1 aromatic rings. The topological polar surface area (TPSA) is 29.3 Å². The van der Waals surface area contributed by atoms with Gasteiger partial charge >= 0.3 is 0 Å². The predicted octanol–water partition coefficient (Wildman–Crippen LogP) is 3.27. The maximum Gasteiger partial charge on any atom is 0.125 e. The number of rotatable bonds is 2. The molecule has 0 radical (unpaired) electrons. The van der Waals surface area contributed by atoms with E-state index in [1.165, 1.54) is 12.5 Å². The summed E-state index contributed by atoms with van der Waals surface area (Å²) in [4.78, 5) is 2.44. The first-order chi connectivity index (χ1) is 8.45. The third-order valence-corrected chi connectivity index (χ3v) is 4.09. The van der Waals surface area contributed by atoms with Gasteiger partial charge in [0.2, 0.25) is 0 Å². The SMILES string of the molecule is CC1CC(C)C(C)N(Cc2cc(N)cc(F)c2)C1. The van der Waals surface area contributed by atoms with Crippen molar-refractivity contribution in [3.63, 3.8) is 0 Å². The fraction of sp³-hybridized carbons (Fsp3) is 0.600. The summed E-state index contributed by atoms with van der Waals surface area (Å²) < 4.78 is 13.3. The minimum atomic E-state index is -0.240. The Hall–Kier alpha value is -1.09. The average Bonchev–Trinajstić information content (AvgIpc) is 2.23. The highest BCUT2D eigenvalue weighted by Gasteiger charge is 2.28. The number of anilines is 1. The number of nitrogens with zero attached hydrogens (tertiary/aromatic N) is 1. The van der Waals surface area contributed by atoms with E-state index >= 15 is 0 Å². The third-order valence-electron chi connectivity index (χ3n) is 4.09. The fourth-order valence-corrected chi connectivity index (χ4v) is 3.04. The lowest BCUT2D eigenvalue weighted by molar-refractivity contribution is 0.0729. The zero-order valence-corrected chi connectivity index (χ0v) is 11.5. The van der Waals surface area contributed by atoms with Crippen molar-refractivity contribution < 1.29 is 4.39 Å². The molecule has 2 nitrogen and oxygen atoms in total. The van der Waals surface area contributed by atoms with Gasteiger partial charge in [0.05, 0.1) is 0 Å². The molecule has 3 atom stereocenters. The van der Waals surface area contributed by atoms with Crippen LogP contribution in [0, 0.1) is 17.7 Å². The van der Waals surface area contributed by atoms with Crippen LogP contribution >= 0.6 is 0 Å². The van der Waals surface area contributed by atoms with E-state index in [-0.39, 0.29) is 5.82 Å². The molecule has 1 heterocycles. The first kappa shape index (κ1) is 13.3. The van der Waals surface area contributed by atoms with Crippen molar-refractivity contribution in [2.45, 2.75) is 39.8 Å². The van der Waals surface area contributed by atoms with Crippen molar-refractivity contribution in [2.24, 2.45) is 11.8 Å². The Kier molecular flexibility index (Phi) is 3.91. The van der Waals surface area contributed by atoms with E-state index < -0.39 is 0 Å². The van der Waals surface area contributed by atoms with Gasteiger partial charge < -0.3 is 5.73 Å². The largest absolute Gasteiger partial charge is 0.399 e. The molecular weight excluding hydrogens is 227 g/mol. The van der Waals surface area contributed by atoms with Gasteiger partial charge in [-0.05, 0) is 48.9 Å². The number of hydrogen-bond acceptors (Lipinski definition) is 2. The Morgan fingerprint density at radius 1 is 1.28 bits per heavy atom. The molecule has 100 valence electrons. The summed E-state index contributed by atoms with van der Waals surface area (Å²) in [5, 5.41) is 0. The Labute approximate surface area is 109 Å². The highest BCUT2D eigenvalue weighted by molar-refractivity contribution is 5.41. The van der Waals surface area contributed by atoms with E-state index in [1.54, 1.807) is 6.07 Å². The maximum absolute atomic E-state index is 13.3. The Bertz CT molecular complexity index is 399. The van der Waals surface area contributed by atoms with Crippen molar-refractivity contribution in [2.75, 3.05) is 12.3 Å². The summed E-state index contributed by atoms with van der Waals surface area (Å²) in [6, 6.07) is 5.38. The number of halogens is 1. The van der Waals surface area contributed by atoms with Gasteiger partial charge in [-0.15, -0.1) is 0 Å². The average molecular weight is 250 g/mol. The Balaban J connectivity index is 2.12. The van der Waals surface area contributed by atoms with E-state index in [1.807, 2.05) is 6.07 Å². The van der Waals surface area contributed by atoms with Gasteiger partial charge in [-0.2, -0.15) is 0 Å². The van der Waals surface area contributed by atoms with Crippen molar-refractivity contribution in [1.82, 2.24) is 4.90 Å². The summed E-state index contributed by atoms with van der Waals surface area (Å²) in [6.07, 6.45) is 1.28. The molecule has 3 unspecified atom stereocenters. The summed E-state index contributed by atoms with van der Waals surface area (Å²) in [5.74, 6) is 1.16. The first-order valence-electron chi connectivity index (χ1n) is 6.74. The monoisotopic (exact) mass is 250 g/mol. The van der Waals surface area contributed by atoms with E-state index in [0.29, 0.717) is 23.6 Å². The number of piperidine rings is 1. The predicted molar refractivity (Wildman–Crippen MR) is 73.6 cm³/mol. The molecule has 0 amide bonds. The van der Waals surface area contributed by atoms with Crippen molar-refractivity contribution in [3.05, 3.63) is 29.6 Å². The molecule has 2 rings (SSSR count). The lowest BCUT2D eigenvalue weighted by Crippen LogP contribution is -2.45. The lowest BCUT2D eigenvalue weighted by Gasteiger charge is -2.41. The highest BCUT2D eigenvalue weighted by Crippen LogP contribution is 2.28. The van der Waals surface area contributed by atoms with Gasteiger partial charge in [0.25, 0.3) is 0 Å². The number of hydrogen-bond donors (Lipinski definition) is 1. The molecule has 2 N–H and O–H groups in total. The number of nitrogens with two attached hydrogens (primary N) is 1. The van der Waals surface area contributed by atoms with Gasteiger partial charge in [-0.3, -0.25) is 4.90 Å². The van der Waals surface area contributed by atoms with Crippen LogP contribution in [-0.4, -0.2) is 17.5 Å². The molecule has 18 heavy (non-hydrogen) atoms. The van der Waals surface area contributed by atoms with E-state index in [9.17, 15) is 4.39 Å². The molecule has 1 fully saturated rings. The third kappa shape index (κ3) is 3.02. The molecule has 0 spiro atoms. The second-order valence-electron chi connectivity index (χ2n) is 5.88. The Morgan fingerprint density at radius 2 is 2.00 bits per heavy atom. The molecule has 1 aromatic carbocycles. The summed E-state index contributed by atoms with van der Waals surface area (Å²) >= 11 is 0.